The summed E-state index contributed by atoms with van der Waals surface area (Å²) in [6, 6.07) is 7.78. The molecule has 1 aromatic carbocycles. The van der Waals surface area contributed by atoms with Crippen LogP contribution in [0.2, 0.25) is 0 Å². The Kier molecular flexibility index (Phi) is 3.79. The molecule has 0 bridgehead atoms. The molecular weight excluding hydrogens is 280 g/mol. The fourth-order valence-corrected chi connectivity index (χ4v) is 4.07. The van der Waals surface area contributed by atoms with Crippen LogP contribution in [0.5, 0.6) is 0 Å². The Balaban J connectivity index is 2.38. The van der Waals surface area contributed by atoms with Crippen molar-refractivity contribution in [3.05, 3.63) is 29.8 Å². The molecule has 0 aromatic heterocycles. The molecule has 1 aliphatic rings. The van der Waals surface area contributed by atoms with E-state index in [2.05, 4.69) is 0 Å². The van der Waals surface area contributed by atoms with Gasteiger partial charge >= 0.3 is 5.97 Å². The van der Waals surface area contributed by atoms with Gasteiger partial charge in [-0.05, 0) is 18.1 Å². The molecule has 1 aliphatic heterocycles. The summed E-state index contributed by atoms with van der Waals surface area (Å²) in [6.45, 7) is 1.81. The van der Waals surface area contributed by atoms with Crippen LogP contribution in [0.4, 0.5) is 0 Å². The molecule has 1 heterocycles. The predicted octanol–water partition coefficient (Wildman–Crippen LogP) is 0.899. The lowest BCUT2D eigenvalue weighted by Crippen LogP contribution is -2.30. The zero-order valence-corrected chi connectivity index (χ0v) is 11.7. The average molecular weight is 294 g/mol. The number of aliphatic carboxylic acids is 1. The van der Waals surface area contributed by atoms with Gasteiger partial charge in [-0.2, -0.15) is 9.57 Å². The number of carboxylic acids is 1. The Morgan fingerprint density at radius 3 is 2.60 bits per heavy atom. The number of rotatable bonds is 3. The van der Waals surface area contributed by atoms with E-state index in [0.29, 0.717) is 0 Å². The number of hydrogen-bond acceptors (Lipinski definition) is 4. The van der Waals surface area contributed by atoms with Gasteiger partial charge in [0.15, 0.2) is 0 Å². The molecule has 2 atom stereocenters. The van der Waals surface area contributed by atoms with Gasteiger partial charge < -0.3 is 5.11 Å². The largest absolute Gasteiger partial charge is 0.481 e. The van der Waals surface area contributed by atoms with Crippen molar-refractivity contribution in [3.63, 3.8) is 0 Å². The highest BCUT2D eigenvalue weighted by atomic mass is 32.2. The quantitative estimate of drug-likeness (QED) is 0.893. The zero-order chi connectivity index (χ0) is 14.9. The van der Waals surface area contributed by atoms with Crippen molar-refractivity contribution in [1.29, 1.82) is 5.26 Å². The predicted molar refractivity (Wildman–Crippen MR) is 70.2 cm³/mol. The number of benzene rings is 1. The standard InChI is InChI=1S/C13H14N2O4S/c1-9-7-15(8-11(9)13(16)17)20(18,19)12-5-3-2-4-10(12)6-14/h2-5,9,11H,7-8H2,1H3,(H,16,17)/t9-,11-/m1/s1. The van der Waals surface area contributed by atoms with Crippen molar-refractivity contribution in [2.24, 2.45) is 11.8 Å². The smallest absolute Gasteiger partial charge is 0.308 e. The van der Waals surface area contributed by atoms with E-state index in [1.54, 1.807) is 19.1 Å². The van der Waals surface area contributed by atoms with Gasteiger partial charge in [-0.1, -0.05) is 19.1 Å². The van der Waals surface area contributed by atoms with Crippen molar-refractivity contribution in [3.8, 4) is 6.07 Å². The van der Waals surface area contributed by atoms with Crippen LogP contribution in [0, 0.1) is 23.2 Å². The number of nitriles is 1. The fraction of sp³-hybridized carbons (Fsp3) is 0.385. The summed E-state index contributed by atoms with van der Waals surface area (Å²) in [4.78, 5) is 11.0. The SMILES string of the molecule is C[C@@H]1CN(S(=O)(=O)c2ccccc2C#N)C[C@H]1C(=O)O. The lowest BCUT2D eigenvalue weighted by atomic mass is 9.99. The molecule has 2 rings (SSSR count). The molecule has 0 aliphatic carbocycles. The number of carboxylic acid groups (broad SMARTS) is 1. The van der Waals surface area contributed by atoms with Gasteiger partial charge in [-0.15, -0.1) is 0 Å². The van der Waals surface area contributed by atoms with E-state index in [-0.39, 0.29) is 29.5 Å². The number of nitrogens with zero attached hydrogens (tertiary/aromatic N) is 2. The molecule has 7 heteroatoms. The van der Waals surface area contributed by atoms with Crippen LogP contribution in [0.25, 0.3) is 0 Å². The molecule has 0 amide bonds. The summed E-state index contributed by atoms with van der Waals surface area (Å²) >= 11 is 0. The topological polar surface area (TPSA) is 98.5 Å². The van der Waals surface area contributed by atoms with Crippen LogP contribution in [0.1, 0.15) is 12.5 Å². The van der Waals surface area contributed by atoms with Gasteiger partial charge in [-0.25, -0.2) is 8.42 Å². The van der Waals surface area contributed by atoms with Gasteiger partial charge in [0, 0.05) is 13.1 Å². The van der Waals surface area contributed by atoms with Gasteiger partial charge in [0.25, 0.3) is 0 Å². The maximum Gasteiger partial charge on any atom is 0.308 e. The third kappa shape index (κ3) is 2.40. The van der Waals surface area contributed by atoms with Crippen molar-refractivity contribution >= 4 is 16.0 Å². The third-order valence-electron chi connectivity index (χ3n) is 3.52. The molecule has 1 saturated heterocycles. The molecule has 0 spiro atoms. The third-order valence-corrected chi connectivity index (χ3v) is 5.41. The highest BCUT2D eigenvalue weighted by Crippen LogP contribution is 2.29. The highest BCUT2D eigenvalue weighted by Gasteiger charge is 2.41. The molecule has 0 radical (unpaired) electrons. The van der Waals surface area contributed by atoms with E-state index in [9.17, 15) is 13.2 Å². The molecule has 1 aromatic rings. The molecule has 1 fully saturated rings. The van der Waals surface area contributed by atoms with E-state index in [0.717, 1.165) is 4.31 Å². The summed E-state index contributed by atoms with van der Waals surface area (Å²) in [7, 11) is -3.83. The van der Waals surface area contributed by atoms with Gasteiger partial charge in [0.2, 0.25) is 10.0 Å². The minimum atomic E-state index is -3.83. The average Bonchev–Trinajstić information content (AvgIpc) is 2.81. The first-order valence-corrected chi connectivity index (χ1v) is 7.54. The normalized spacial score (nSPS) is 23.4. The summed E-state index contributed by atoms with van der Waals surface area (Å²) in [5, 5.41) is 18.1. The van der Waals surface area contributed by atoms with Crippen molar-refractivity contribution in [1.82, 2.24) is 4.31 Å². The van der Waals surface area contributed by atoms with Crippen molar-refractivity contribution < 1.29 is 18.3 Å². The Labute approximate surface area is 117 Å². The summed E-state index contributed by atoms with van der Waals surface area (Å²) in [5.74, 6) is -1.96. The summed E-state index contributed by atoms with van der Waals surface area (Å²) in [5.41, 5.74) is 0.0685. The molecule has 6 nitrogen and oxygen atoms in total. The van der Waals surface area contributed by atoms with Crippen LogP contribution >= 0.6 is 0 Å². The number of hydrogen-bond donors (Lipinski definition) is 1. The first-order chi connectivity index (χ1) is 9.37. The molecule has 20 heavy (non-hydrogen) atoms. The summed E-state index contributed by atoms with van der Waals surface area (Å²) < 4.78 is 26.2. The molecular formula is C13H14N2O4S. The second-order valence-electron chi connectivity index (χ2n) is 4.85. The van der Waals surface area contributed by atoms with Crippen molar-refractivity contribution in [2.75, 3.05) is 13.1 Å². The van der Waals surface area contributed by atoms with Gasteiger partial charge in [0.05, 0.1) is 16.4 Å². The van der Waals surface area contributed by atoms with Gasteiger partial charge in [-0.3, -0.25) is 4.79 Å². The lowest BCUT2D eigenvalue weighted by Gasteiger charge is -2.16. The fourth-order valence-electron chi connectivity index (χ4n) is 2.36. The van der Waals surface area contributed by atoms with Crippen molar-refractivity contribution in [2.45, 2.75) is 11.8 Å². The summed E-state index contributed by atoms with van der Waals surface area (Å²) in [6.07, 6.45) is 0. The zero-order valence-electron chi connectivity index (χ0n) is 10.9. The molecule has 106 valence electrons. The lowest BCUT2D eigenvalue weighted by molar-refractivity contribution is -0.142. The molecule has 0 saturated carbocycles. The van der Waals surface area contributed by atoms with Crippen LogP contribution in [0.15, 0.2) is 29.2 Å². The van der Waals surface area contributed by atoms with Gasteiger partial charge in [0.1, 0.15) is 6.07 Å². The number of sulfonamides is 1. The van der Waals surface area contributed by atoms with E-state index in [1.165, 1.54) is 12.1 Å². The second kappa shape index (κ2) is 5.23. The monoisotopic (exact) mass is 294 g/mol. The maximum atomic E-state index is 12.5. The number of carbonyl (C=O) groups is 1. The Bertz CT molecular complexity index is 678. The molecule has 1 N–H and O–H groups in total. The van der Waals surface area contributed by atoms with Crippen LogP contribution in [-0.4, -0.2) is 36.9 Å². The van der Waals surface area contributed by atoms with Crippen LogP contribution in [-0.2, 0) is 14.8 Å². The Morgan fingerprint density at radius 2 is 2.05 bits per heavy atom. The minimum Gasteiger partial charge on any atom is -0.481 e. The Morgan fingerprint density at radius 1 is 1.40 bits per heavy atom. The first kappa shape index (κ1) is 14.5. The highest BCUT2D eigenvalue weighted by molar-refractivity contribution is 7.89. The van der Waals surface area contributed by atoms with E-state index in [4.69, 9.17) is 10.4 Å². The first-order valence-electron chi connectivity index (χ1n) is 6.10. The van der Waals surface area contributed by atoms with Crippen LogP contribution < -0.4 is 0 Å². The van der Waals surface area contributed by atoms with E-state index in [1.807, 2.05) is 6.07 Å². The maximum absolute atomic E-state index is 12.5. The second-order valence-corrected chi connectivity index (χ2v) is 6.76. The van der Waals surface area contributed by atoms with Crippen LogP contribution in [0.3, 0.4) is 0 Å². The Hall–Kier alpha value is -1.91. The van der Waals surface area contributed by atoms with E-state index < -0.39 is 21.9 Å². The minimum absolute atomic E-state index is 0.0569. The van der Waals surface area contributed by atoms with E-state index >= 15 is 0 Å². The molecule has 0 unspecified atom stereocenters.